The number of aromatic nitrogens is 1. The zero-order chi connectivity index (χ0) is 28.9. The molecule has 9 heteroatoms. The van der Waals surface area contributed by atoms with Crippen LogP contribution in [0.2, 0.25) is 10.0 Å². The third-order valence-corrected chi connectivity index (χ3v) is 9.58. The van der Waals surface area contributed by atoms with Crippen LogP contribution in [0.4, 0.5) is 5.69 Å². The molecule has 1 aliphatic heterocycles. The first-order valence-electron chi connectivity index (χ1n) is 13.0. The predicted octanol–water partition coefficient (Wildman–Crippen LogP) is 7.90. The van der Waals surface area contributed by atoms with Gasteiger partial charge in [0.15, 0.2) is 9.84 Å². The Balaban J connectivity index is 1.81. The average molecular weight is 598 g/mol. The maximum absolute atomic E-state index is 14.3. The summed E-state index contributed by atoms with van der Waals surface area (Å²) in [5.74, 6) is 0.328. The number of anilines is 1. The Morgan fingerprint density at radius 1 is 0.925 bits per heavy atom. The topological polar surface area (TPSA) is 68.6 Å². The van der Waals surface area contributed by atoms with Gasteiger partial charge in [0.1, 0.15) is 11.8 Å². The van der Waals surface area contributed by atoms with Crippen LogP contribution in [-0.2, 0) is 9.84 Å². The Hall–Kier alpha value is -3.26. The van der Waals surface area contributed by atoms with Gasteiger partial charge in [0, 0.05) is 27.3 Å². The highest BCUT2D eigenvalue weighted by atomic mass is 35.5. The summed E-state index contributed by atoms with van der Waals surface area (Å²) >= 11 is 12.6. The first-order chi connectivity index (χ1) is 19.0. The molecule has 3 aromatic carbocycles. The van der Waals surface area contributed by atoms with E-state index in [4.69, 9.17) is 27.9 Å². The first-order valence-corrected chi connectivity index (χ1v) is 15.4. The Labute approximate surface area is 245 Å². The number of methoxy groups -OCH3 is 1. The van der Waals surface area contributed by atoms with E-state index in [9.17, 15) is 13.2 Å². The van der Waals surface area contributed by atoms with Crippen molar-refractivity contribution in [3.8, 4) is 17.0 Å². The van der Waals surface area contributed by atoms with Crippen LogP contribution < -0.4 is 9.64 Å². The SMILES string of the molecule is CCS(=O)(=O)c1ccc(OC)c(-c2cc3c(n2C(C)C)C(c2ccc(Cl)cc2)N(c2cc(Cl)ccc2C)C3=O)c1. The molecule has 208 valence electrons. The Kier molecular flexibility index (Phi) is 7.50. The molecule has 5 rings (SSSR count). The smallest absolute Gasteiger partial charge is 0.261 e. The molecule has 0 N–H and O–H groups in total. The van der Waals surface area contributed by atoms with Crippen molar-refractivity contribution in [3.05, 3.63) is 99.2 Å². The summed E-state index contributed by atoms with van der Waals surface area (Å²) in [6, 6.07) is 19.2. The molecule has 1 amide bonds. The molecule has 0 saturated heterocycles. The number of ether oxygens (including phenoxy) is 1. The molecule has 6 nitrogen and oxygen atoms in total. The van der Waals surface area contributed by atoms with Crippen LogP contribution in [0.15, 0.2) is 71.6 Å². The second-order valence-electron chi connectivity index (χ2n) is 10.1. The number of benzene rings is 3. The number of fused-ring (bicyclic) bond motifs is 1. The summed E-state index contributed by atoms with van der Waals surface area (Å²) in [6.07, 6.45) is 0. The second-order valence-corrected chi connectivity index (χ2v) is 13.3. The van der Waals surface area contributed by atoms with E-state index >= 15 is 0 Å². The number of hydrogen-bond donors (Lipinski definition) is 0. The lowest BCUT2D eigenvalue weighted by Gasteiger charge is -2.30. The number of carbonyl (C=O) groups excluding carboxylic acids is 1. The minimum absolute atomic E-state index is 0.0223. The van der Waals surface area contributed by atoms with E-state index in [-0.39, 0.29) is 22.6 Å². The summed E-state index contributed by atoms with van der Waals surface area (Å²) in [5, 5.41) is 1.13. The van der Waals surface area contributed by atoms with Crippen LogP contribution in [0, 0.1) is 6.92 Å². The van der Waals surface area contributed by atoms with Crippen molar-refractivity contribution in [2.24, 2.45) is 0 Å². The maximum atomic E-state index is 14.3. The molecule has 4 aromatic rings. The largest absolute Gasteiger partial charge is 0.496 e. The maximum Gasteiger partial charge on any atom is 0.261 e. The van der Waals surface area contributed by atoms with Gasteiger partial charge in [0.25, 0.3) is 5.91 Å². The molecule has 40 heavy (non-hydrogen) atoms. The minimum Gasteiger partial charge on any atom is -0.496 e. The van der Waals surface area contributed by atoms with Crippen molar-refractivity contribution in [1.82, 2.24) is 4.57 Å². The molecular weight excluding hydrogens is 567 g/mol. The highest BCUT2D eigenvalue weighted by Crippen LogP contribution is 2.48. The molecule has 0 bridgehead atoms. The molecule has 1 aliphatic rings. The van der Waals surface area contributed by atoms with Gasteiger partial charge in [-0.3, -0.25) is 9.69 Å². The lowest BCUT2D eigenvalue weighted by molar-refractivity contribution is 0.0993. The average Bonchev–Trinajstić information content (AvgIpc) is 3.45. The summed E-state index contributed by atoms with van der Waals surface area (Å²) in [7, 11) is -1.92. The predicted molar refractivity (Wildman–Crippen MR) is 161 cm³/mol. The molecule has 0 aliphatic carbocycles. The number of halogens is 2. The van der Waals surface area contributed by atoms with Gasteiger partial charge in [-0.25, -0.2) is 8.42 Å². The summed E-state index contributed by atoms with van der Waals surface area (Å²) in [6.45, 7) is 7.65. The third kappa shape index (κ3) is 4.70. The van der Waals surface area contributed by atoms with Crippen LogP contribution in [-0.4, -0.2) is 31.8 Å². The van der Waals surface area contributed by atoms with Crippen molar-refractivity contribution < 1.29 is 17.9 Å². The van der Waals surface area contributed by atoms with Crippen LogP contribution in [0.5, 0.6) is 5.75 Å². The van der Waals surface area contributed by atoms with Gasteiger partial charge in [0.2, 0.25) is 0 Å². The Morgan fingerprint density at radius 3 is 2.23 bits per heavy atom. The van der Waals surface area contributed by atoms with Gasteiger partial charge in [0.05, 0.1) is 34.7 Å². The fourth-order valence-electron chi connectivity index (χ4n) is 5.41. The van der Waals surface area contributed by atoms with Gasteiger partial charge in [-0.05, 0) is 80.4 Å². The van der Waals surface area contributed by atoms with Crippen molar-refractivity contribution in [2.45, 2.75) is 44.7 Å². The molecule has 0 fully saturated rings. The van der Waals surface area contributed by atoms with E-state index in [2.05, 4.69) is 4.57 Å². The number of nitrogens with zero attached hydrogens (tertiary/aromatic N) is 2. The lowest BCUT2D eigenvalue weighted by Crippen LogP contribution is -2.30. The van der Waals surface area contributed by atoms with Crippen molar-refractivity contribution in [3.63, 3.8) is 0 Å². The molecule has 0 spiro atoms. The molecule has 0 radical (unpaired) electrons. The number of aryl methyl sites for hydroxylation is 1. The number of hydrogen-bond acceptors (Lipinski definition) is 4. The Morgan fingerprint density at radius 2 is 1.60 bits per heavy atom. The van der Waals surface area contributed by atoms with Crippen molar-refractivity contribution in [1.29, 1.82) is 0 Å². The van der Waals surface area contributed by atoms with Crippen molar-refractivity contribution >= 4 is 44.6 Å². The second kappa shape index (κ2) is 10.6. The van der Waals surface area contributed by atoms with Crippen molar-refractivity contribution in [2.75, 3.05) is 17.8 Å². The summed E-state index contributed by atoms with van der Waals surface area (Å²) in [4.78, 5) is 16.3. The fourth-order valence-corrected chi connectivity index (χ4v) is 6.61. The third-order valence-electron chi connectivity index (χ3n) is 7.36. The molecule has 2 heterocycles. The van der Waals surface area contributed by atoms with Gasteiger partial charge in [-0.1, -0.05) is 48.3 Å². The van der Waals surface area contributed by atoms with E-state index in [1.54, 1.807) is 43.2 Å². The van der Waals surface area contributed by atoms with Crippen LogP contribution in [0.1, 0.15) is 60.0 Å². The standard InChI is InChI=1S/C31H30Cl2N2O4S/c1-6-40(37,38)23-13-14-28(39-5)24(16-23)27-17-25-30(34(27)18(2)3)29(20-8-11-21(32)12-9-20)35(31(25)36)26-15-22(33)10-7-19(26)4/h7-18,29H,6H2,1-5H3. The van der Waals surface area contributed by atoms with E-state index in [1.165, 1.54) is 0 Å². The summed E-state index contributed by atoms with van der Waals surface area (Å²) < 4.78 is 33.4. The number of carbonyl (C=O) groups is 1. The molecule has 1 unspecified atom stereocenters. The quantitative estimate of drug-likeness (QED) is 0.217. The zero-order valence-electron chi connectivity index (χ0n) is 22.9. The fraction of sp³-hybridized carbons (Fsp3) is 0.258. The molecule has 0 saturated carbocycles. The van der Waals surface area contributed by atoms with Gasteiger partial charge in [-0.2, -0.15) is 0 Å². The Bertz CT molecular complexity index is 1730. The number of sulfone groups is 1. The normalized spacial score (nSPS) is 15.2. The first kappa shape index (κ1) is 28.3. The molecule has 1 aromatic heterocycles. The van der Waals surface area contributed by atoms with Gasteiger partial charge >= 0.3 is 0 Å². The monoisotopic (exact) mass is 596 g/mol. The lowest BCUT2D eigenvalue weighted by atomic mass is 10.0. The van der Waals surface area contributed by atoms with Gasteiger partial charge < -0.3 is 9.30 Å². The van der Waals surface area contributed by atoms with E-state index in [0.29, 0.717) is 32.6 Å². The van der Waals surface area contributed by atoms with E-state index in [1.807, 2.05) is 63.2 Å². The summed E-state index contributed by atoms with van der Waals surface area (Å²) in [5.41, 5.74) is 5.18. The molecule has 1 atom stereocenters. The van der Waals surface area contributed by atoms with E-state index < -0.39 is 15.9 Å². The zero-order valence-corrected chi connectivity index (χ0v) is 25.2. The van der Waals surface area contributed by atoms with E-state index in [0.717, 1.165) is 22.5 Å². The van der Waals surface area contributed by atoms with Crippen LogP contribution in [0.3, 0.4) is 0 Å². The number of amides is 1. The van der Waals surface area contributed by atoms with Crippen LogP contribution in [0.25, 0.3) is 11.3 Å². The van der Waals surface area contributed by atoms with Crippen LogP contribution >= 0.6 is 23.2 Å². The highest BCUT2D eigenvalue weighted by Gasteiger charge is 2.44. The highest BCUT2D eigenvalue weighted by molar-refractivity contribution is 7.91. The molecular formula is C31H30Cl2N2O4S. The number of rotatable bonds is 7. The minimum atomic E-state index is -3.47. The van der Waals surface area contributed by atoms with Gasteiger partial charge in [-0.15, -0.1) is 0 Å².